The Morgan fingerprint density at radius 2 is 1.69 bits per heavy atom. The molecule has 16 heavy (non-hydrogen) atoms. The Morgan fingerprint density at radius 1 is 1.19 bits per heavy atom. The van der Waals surface area contributed by atoms with Crippen LogP contribution in [0.4, 0.5) is 0 Å². The highest BCUT2D eigenvalue weighted by Crippen LogP contribution is 2.19. The van der Waals surface area contributed by atoms with Gasteiger partial charge in [0, 0.05) is 12.6 Å². The molecule has 3 nitrogen and oxygen atoms in total. The van der Waals surface area contributed by atoms with Gasteiger partial charge in [0.25, 0.3) is 0 Å². The number of aliphatic carboxylic acids is 1. The van der Waals surface area contributed by atoms with Crippen molar-refractivity contribution in [3.8, 4) is 0 Å². The van der Waals surface area contributed by atoms with Crippen LogP contribution in [0.25, 0.3) is 0 Å². The number of carboxylic acids is 1. The first-order chi connectivity index (χ1) is 7.52. The lowest BCUT2D eigenvalue weighted by Gasteiger charge is -2.26. The summed E-state index contributed by atoms with van der Waals surface area (Å²) >= 11 is 0. The zero-order valence-corrected chi connectivity index (χ0v) is 10.6. The summed E-state index contributed by atoms with van der Waals surface area (Å²) in [5.74, 6) is -0.717. The molecule has 0 heterocycles. The van der Waals surface area contributed by atoms with E-state index in [0.717, 1.165) is 0 Å². The maximum atomic E-state index is 11.0. The van der Waals surface area contributed by atoms with Crippen molar-refractivity contribution in [2.45, 2.75) is 64.8 Å². The van der Waals surface area contributed by atoms with Crippen molar-refractivity contribution in [1.29, 1.82) is 0 Å². The van der Waals surface area contributed by atoms with E-state index in [1.165, 1.54) is 44.9 Å². The number of hydrogen-bond acceptors (Lipinski definition) is 2. The minimum atomic E-state index is -0.717. The molecule has 0 spiro atoms. The van der Waals surface area contributed by atoms with E-state index in [0.29, 0.717) is 12.6 Å². The standard InChI is InChI=1S/C13H25NO2/c1-13(2,12(15)16)10-14-11-8-6-4-3-5-7-9-11/h11,14H,3-10H2,1-2H3,(H,15,16). The average molecular weight is 227 g/mol. The zero-order valence-electron chi connectivity index (χ0n) is 10.6. The van der Waals surface area contributed by atoms with Gasteiger partial charge in [-0.15, -0.1) is 0 Å². The third-order valence-electron chi connectivity index (χ3n) is 3.52. The van der Waals surface area contributed by atoms with E-state index in [1.807, 2.05) is 0 Å². The summed E-state index contributed by atoms with van der Waals surface area (Å²) in [5, 5.41) is 12.5. The highest BCUT2D eigenvalue weighted by molar-refractivity contribution is 5.73. The first-order valence-electron chi connectivity index (χ1n) is 6.49. The van der Waals surface area contributed by atoms with E-state index in [4.69, 9.17) is 5.11 Å². The lowest BCUT2D eigenvalue weighted by atomic mass is 9.91. The van der Waals surface area contributed by atoms with E-state index in [1.54, 1.807) is 13.8 Å². The Morgan fingerprint density at radius 3 is 2.19 bits per heavy atom. The van der Waals surface area contributed by atoms with Crippen LogP contribution in [0.2, 0.25) is 0 Å². The zero-order chi connectivity index (χ0) is 12.0. The van der Waals surface area contributed by atoms with Gasteiger partial charge in [0.05, 0.1) is 5.41 Å². The van der Waals surface area contributed by atoms with Crippen molar-refractivity contribution in [2.24, 2.45) is 5.41 Å². The second-order valence-corrected chi connectivity index (χ2v) is 5.61. The van der Waals surface area contributed by atoms with E-state index < -0.39 is 11.4 Å². The quantitative estimate of drug-likeness (QED) is 0.776. The molecule has 1 aliphatic rings. The minimum Gasteiger partial charge on any atom is -0.481 e. The van der Waals surface area contributed by atoms with Crippen LogP contribution < -0.4 is 5.32 Å². The van der Waals surface area contributed by atoms with Gasteiger partial charge in [-0.3, -0.25) is 4.79 Å². The van der Waals surface area contributed by atoms with Gasteiger partial charge in [-0.2, -0.15) is 0 Å². The lowest BCUT2D eigenvalue weighted by Crippen LogP contribution is -2.41. The van der Waals surface area contributed by atoms with Crippen molar-refractivity contribution in [1.82, 2.24) is 5.32 Å². The molecule has 0 bridgehead atoms. The largest absolute Gasteiger partial charge is 0.481 e. The molecule has 2 N–H and O–H groups in total. The molecular weight excluding hydrogens is 202 g/mol. The summed E-state index contributed by atoms with van der Waals surface area (Å²) in [6, 6.07) is 0.527. The molecule has 0 atom stereocenters. The summed E-state index contributed by atoms with van der Waals surface area (Å²) in [6.07, 6.45) is 9.01. The number of carbonyl (C=O) groups is 1. The summed E-state index contributed by atoms with van der Waals surface area (Å²) in [5.41, 5.74) is -0.650. The van der Waals surface area contributed by atoms with Crippen LogP contribution in [0.15, 0.2) is 0 Å². The predicted octanol–water partition coefficient (Wildman–Crippen LogP) is 2.80. The average Bonchev–Trinajstić information content (AvgIpc) is 2.15. The number of carboxylic acid groups (broad SMARTS) is 1. The molecule has 94 valence electrons. The first-order valence-corrected chi connectivity index (χ1v) is 6.49. The van der Waals surface area contributed by atoms with Crippen LogP contribution in [-0.4, -0.2) is 23.7 Å². The maximum absolute atomic E-state index is 11.0. The van der Waals surface area contributed by atoms with Crippen molar-refractivity contribution in [3.63, 3.8) is 0 Å². The fourth-order valence-corrected chi connectivity index (χ4v) is 2.14. The van der Waals surface area contributed by atoms with Gasteiger partial charge in [0.1, 0.15) is 0 Å². The van der Waals surface area contributed by atoms with Gasteiger partial charge in [0.15, 0.2) is 0 Å². The fraction of sp³-hybridized carbons (Fsp3) is 0.923. The second kappa shape index (κ2) is 6.24. The smallest absolute Gasteiger partial charge is 0.310 e. The Bertz CT molecular complexity index is 218. The van der Waals surface area contributed by atoms with Crippen molar-refractivity contribution in [2.75, 3.05) is 6.54 Å². The third-order valence-corrected chi connectivity index (χ3v) is 3.52. The molecule has 0 radical (unpaired) electrons. The Kier molecular flexibility index (Phi) is 5.26. The Labute approximate surface area is 98.6 Å². The molecule has 1 fully saturated rings. The van der Waals surface area contributed by atoms with Crippen LogP contribution in [-0.2, 0) is 4.79 Å². The molecule has 0 aliphatic heterocycles. The third kappa shape index (κ3) is 4.52. The molecule has 0 aromatic rings. The Balaban J connectivity index is 2.32. The van der Waals surface area contributed by atoms with Crippen molar-refractivity contribution >= 4 is 5.97 Å². The molecule has 0 amide bonds. The molecule has 0 aromatic carbocycles. The number of hydrogen-bond donors (Lipinski definition) is 2. The van der Waals surface area contributed by atoms with Gasteiger partial charge in [0.2, 0.25) is 0 Å². The van der Waals surface area contributed by atoms with Gasteiger partial charge in [-0.05, 0) is 26.7 Å². The summed E-state index contributed by atoms with van der Waals surface area (Å²) < 4.78 is 0. The van der Waals surface area contributed by atoms with E-state index in [2.05, 4.69) is 5.32 Å². The van der Waals surface area contributed by atoms with Gasteiger partial charge >= 0.3 is 5.97 Å². The predicted molar refractivity (Wildman–Crippen MR) is 65.5 cm³/mol. The van der Waals surface area contributed by atoms with Crippen LogP contribution in [0, 0.1) is 5.41 Å². The molecule has 1 aliphatic carbocycles. The van der Waals surface area contributed by atoms with Crippen LogP contribution in [0.3, 0.4) is 0 Å². The van der Waals surface area contributed by atoms with Crippen LogP contribution in [0.5, 0.6) is 0 Å². The normalized spacial score (nSPS) is 20.1. The van der Waals surface area contributed by atoms with Gasteiger partial charge in [-0.25, -0.2) is 0 Å². The number of nitrogens with one attached hydrogen (secondary N) is 1. The summed E-state index contributed by atoms with van der Waals surface area (Å²) in [4.78, 5) is 11.0. The number of rotatable bonds is 4. The maximum Gasteiger partial charge on any atom is 0.310 e. The molecule has 3 heteroatoms. The topological polar surface area (TPSA) is 49.3 Å². The van der Waals surface area contributed by atoms with Gasteiger partial charge < -0.3 is 10.4 Å². The Hall–Kier alpha value is -0.570. The molecule has 0 unspecified atom stereocenters. The van der Waals surface area contributed by atoms with E-state index >= 15 is 0 Å². The highest BCUT2D eigenvalue weighted by atomic mass is 16.4. The summed E-state index contributed by atoms with van der Waals surface area (Å²) in [6.45, 7) is 4.14. The second-order valence-electron chi connectivity index (χ2n) is 5.61. The van der Waals surface area contributed by atoms with Crippen LogP contribution >= 0.6 is 0 Å². The lowest BCUT2D eigenvalue weighted by molar-refractivity contribution is -0.146. The van der Waals surface area contributed by atoms with Crippen molar-refractivity contribution < 1.29 is 9.90 Å². The molecule has 0 aromatic heterocycles. The monoisotopic (exact) mass is 227 g/mol. The van der Waals surface area contributed by atoms with E-state index in [9.17, 15) is 4.79 Å². The van der Waals surface area contributed by atoms with Gasteiger partial charge in [-0.1, -0.05) is 32.1 Å². The molecule has 1 saturated carbocycles. The summed E-state index contributed by atoms with van der Waals surface area (Å²) in [7, 11) is 0. The highest BCUT2D eigenvalue weighted by Gasteiger charge is 2.27. The van der Waals surface area contributed by atoms with E-state index in [-0.39, 0.29) is 0 Å². The molecule has 0 saturated heterocycles. The minimum absolute atomic E-state index is 0.527. The first kappa shape index (κ1) is 13.5. The SMILES string of the molecule is CC(C)(CNC1CCCCCCC1)C(=O)O. The molecule has 1 rings (SSSR count). The van der Waals surface area contributed by atoms with Crippen molar-refractivity contribution in [3.05, 3.63) is 0 Å². The van der Waals surface area contributed by atoms with Crippen LogP contribution in [0.1, 0.15) is 58.8 Å². The molecular formula is C13H25NO2. The fourth-order valence-electron chi connectivity index (χ4n) is 2.14.